The van der Waals surface area contributed by atoms with Crippen molar-refractivity contribution in [2.24, 2.45) is 0 Å². The summed E-state index contributed by atoms with van der Waals surface area (Å²) in [6, 6.07) is 13.0. The molecule has 0 unspecified atom stereocenters. The minimum absolute atomic E-state index is 0.157. The highest BCUT2D eigenvalue weighted by atomic mass is 16.6. The summed E-state index contributed by atoms with van der Waals surface area (Å²) in [7, 11) is 0. The number of benzene rings is 2. The van der Waals surface area contributed by atoms with Crippen molar-refractivity contribution >= 4 is 29.4 Å². The molecule has 0 fully saturated rings. The average Bonchev–Trinajstić information content (AvgIpc) is 2.76. The fourth-order valence-electron chi connectivity index (χ4n) is 3.37. The van der Waals surface area contributed by atoms with E-state index in [1.165, 1.54) is 12.1 Å². The van der Waals surface area contributed by atoms with E-state index in [9.17, 15) is 19.2 Å². The van der Waals surface area contributed by atoms with Crippen molar-refractivity contribution in [3.8, 4) is 0 Å². The number of nitrogens with one attached hydrogen (secondary N) is 2. The molecule has 2 aromatic rings. The van der Waals surface area contributed by atoms with E-state index in [0.29, 0.717) is 5.69 Å². The quantitative estimate of drug-likeness (QED) is 0.347. The summed E-state index contributed by atoms with van der Waals surface area (Å²) >= 11 is 0. The number of carbonyl (C=O) groups excluding carboxylic acids is 4. The first-order valence-electron chi connectivity index (χ1n) is 12.1. The number of ether oxygens (including phenoxy) is 2. The Bertz CT molecular complexity index is 1100. The van der Waals surface area contributed by atoms with Crippen molar-refractivity contribution in [1.29, 1.82) is 0 Å². The predicted molar refractivity (Wildman–Crippen MR) is 140 cm³/mol. The van der Waals surface area contributed by atoms with Gasteiger partial charge in [-0.3, -0.25) is 14.4 Å². The van der Waals surface area contributed by atoms with Gasteiger partial charge in [0.1, 0.15) is 23.3 Å². The monoisotopic (exact) mass is 511 g/mol. The second-order valence-corrected chi connectivity index (χ2v) is 10.7. The Morgan fingerprint density at radius 3 is 2.00 bits per heavy atom. The zero-order chi connectivity index (χ0) is 27.8. The fraction of sp³-hybridized carbons (Fsp3) is 0.429. The zero-order valence-electron chi connectivity index (χ0n) is 22.3. The van der Waals surface area contributed by atoms with Gasteiger partial charge in [-0.2, -0.15) is 0 Å². The smallest absolute Gasteiger partial charge is 0.329 e. The van der Waals surface area contributed by atoms with Gasteiger partial charge in [-0.05, 0) is 65.3 Å². The van der Waals surface area contributed by atoms with E-state index >= 15 is 0 Å². The standard InChI is InChI=1S/C28H37N3O6/c1-27(2,3)36-23(32)17-21(30-24(33)19-13-10-14-20(29)16-19)25(34)31-22(26(35)37-28(4,5)6)15-18-11-8-7-9-12-18/h7-14,16,21-22H,15,17,29H2,1-6H3,(H,30,33)(H,31,34)/t21-,22-/m0/s1. The molecule has 0 heterocycles. The number of carbonyl (C=O) groups is 4. The molecule has 0 spiro atoms. The van der Waals surface area contributed by atoms with Crippen LogP contribution in [0.1, 0.15) is 63.9 Å². The summed E-state index contributed by atoms with van der Waals surface area (Å²) in [6.07, 6.45) is -0.284. The maximum absolute atomic E-state index is 13.4. The Morgan fingerprint density at radius 2 is 1.43 bits per heavy atom. The molecule has 9 nitrogen and oxygen atoms in total. The van der Waals surface area contributed by atoms with Crippen molar-refractivity contribution in [2.45, 2.75) is 77.7 Å². The van der Waals surface area contributed by atoms with Crippen LogP contribution in [-0.2, 0) is 30.3 Å². The SMILES string of the molecule is CC(C)(C)OC(=O)C[C@H](NC(=O)c1cccc(N)c1)C(=O)N[C@@H](Cc1ccccc1)C(=O)OC(C)(C)C. The Kier molecular flexibility index (Phi) is 9.82. The maximum Gasteiger partial charge on any atom is 0.329 e. The molecular formula is C28H37N3O6. The lowest BCUT2D eigenvalue weighted by Crippen LogP contribution is -2.54. The normalized spacial score (nSPS) is 13.1. The van der Waals surface area contributed by atoms with Crippen LogP contribution >= 0.6 is 0 Å². The first-order valence-corrected chi connectivity index (χ1v) is 12.1. The summed E-state index contributed by atoms with van der Waals surface area (Å²) in [5, 5.41) is 5.24. The van der Waals surface area contributed by atoms with E-state index in [-0.39, 0.29) is 12.0 Å². The lowest BCUT2D eigenvalue weighted by Gasteiger charge is -2.27. The molecular weight excluding hydrogens is 474 g/mol. The Labute approximate surface area is 218 Å². The average molecular weight is 512 g/mol. The van der Waals surface area contributed by atoms with Crippen molar-refractivity contribution in [3.63, 3.8) is 0 Å². The van der Waals surface area contributed by atoms with E-state index in [1.807, 2.05) is 30.3 Å². The van der Waals surface area contributed by atoms with E-state index in [0.717, 1.165) is 5.56 Å². The van der Waals surface area contributed by atoms with Crippen molar-refractivity contribution < 1.29 is 28.7 Å². The summed E-state index contributed by atoms with van der Waals surface area (Å²) in [4.78, 5) is 51.8. The lowest BCUT2D eigenvalue weighted by molar-refractivity contribution is -0.158. The molecule has 0 saturated heterocycles. The number of hydrogen-bond donors (Lipinski definition) is 3. The summed E-state index contributed by atoms with van der Waals surface area (Å²) in [5.41, 5.74) is 5.59. The molecule has 0 aliphatic heterocycles. The number of nitrogen functional groups attached to an aromatic ring is 1. The minimum atomic E-state index is -1.32. The maximum atomic E-state index is 13.4. The van der Waals surface area contributed by atoms with Gasteiger partial charge in [-0.15, -0.1) is 0 Å². The number of esters is 2. The Morgan fingerprint density at radius 1 is 0.811 bits per heavy atom. The largest absolute Gasteiger partial charge is 0.460 e. The van der Waals surface area contributed by atoms with Crippen LogP contribution in [0.3, 0.4) is 0 Å². The van der Waals surface area contributed by atoms with Crippen LogP contribution < -0.4 is 16.4 Å². The Hall–Kier alpha value is -3.88. The van der Waals surface area contributed by atoms with Crippen molar-refractivity contribution in [2.75, 3.05) is 5.73 Å². The van der Waals surface area contributed by atoms with Gasteiger partial charge in [0.2, 0.25) is 5.91 Å². The molecule has 2 aromatic carbocycles. The molecule has 0 aliphatic rings. The third kappa shape index (κ3) is 10.7. The van der Waals surface area contributed by atoms with E-state index in [4.69, 9.17) is 15.2 Å². The molecule has 37 heavy (non-hydrogen) atoms. The number of hydrogen-bond acceptors (Lipinski definition) is 7. The highest BCUT2D eigenvalue weighted by Gasteiger charge is 2.32. The lowest BCUT2D eigenvalue weighted by atomic mass is 10.0. The van der Waals surface area contributed by atoms with Gasteiger partial charge in [-0.25, -0.2) is 4.79 Å². The first-order chi connectivity index (χ1) is 17.1. The van der Waals surface area contributed by atoms with Gasteiger partial charge in [-0.1, -0.05) is 36.4 Å². The molecule has 200 valence electrons. The van der Waals surface area contributed by atoms with Gasteiger partial charge in [0.15, 0.2) is 0 Å². The Balaban J connectivity index is 2.30. The van der Waals surface area contributed by atoms with Gasteiger partial charge in [0.05, 0.1) is 6.42 Å². The molecule has 0 bridgehead atoms. The van der Waals surface area contributed by atoms with Crippen LogP contribution in [0.4, 0.5) is 5.69 Å². The molecule has 9 heteroatoms. The molecule has 2 atom stereocenters. The molecule has 4 N–H and O–H groups in total. The highest BCUT2D eigenvalue weighted by molar-refractivity contribution is 5.99. The molecule has 0 saturated carbocycles. The fourth-order valence-corrected chi connectivity index (χ4v) is 3.37. The summed E-state index contributed by atoms with van der Waals surface area (Å²) in [6.45, 7) is 10.3. The molecule has 0 aliphatic carbocycles. The van der Waals surface area contributed by atoms with Crippen molar-refractivity contribution in [1.82, 2.24) is 10.6 Å². The van der Waals surface area contributed by atoms with E-state index in [1.54, 1.807) is 53.7 Å². The number of anilines is 1. The second-order valence-electron chi connectivity index (χ2n) is 10.7. The first kappa shape index (κ1) is 29.4. The molecule has 0 aromatic heterocycles. The number of rotatable bonds is 9. The van der Waals surface area contributed by atoms with Gasteiger partial charge in [0.25, 0.3) is 5.91 Å². The topological polar surface area (TPSA) is 137 Å². The van der Waals surface area contributed by atoms with Gasteiger partial charge >= 0.3 is 11.9 Å². The number of amides is 2. The van der Waals surface area contributed by atoms with Gasteiger partial charge in [0, 0.05) is 17.7 Å². The zero-order valence-corrected chi connectivity index (χ0v) is 22.3. The van der Waals surface area contributed by atoms with Crippen molar-refractivity contribution in [3.05, 3.63) is 65.7 Å². The third-order valence-corrected chi connectivity index (χ3v) is 4.85. The van der Waals surface area contributed by atoms with E-state index < -0.39 is 53.5 Å². The molecule has 2 amide bonds. The summed E-state index contributed by atoms with van der Waals surface area (Å²) in [5.74, 6) is -2.65. The van der Waals surface area contributed by atoms with Crippen LogP contribution in [0, 0.1) is 0 Å². The predicted octanol–water partition coefficient (Wildman–Crippen LogP) is 3.17. The molecule has 2 rings (SSSR count). The van der Waals surface area contributed by atoms with E-state index in [2.05, 4.69) is 10.6 Å². The van der Waals surface area contributed by atoms with Crippen LogP contribution in [0.5, 0.6) is 0 Å². The van der Waals surface area contributed by atoms with Crippen LogP contribution in [0.25, 0.3) is 0 Å². The number of nitrogens with two attached hydrogens (primary N) is 1. The van der Waals surface area contributed by atoms with Crippen LogP contribution in [-0.4, -0.2) is 47.0 Å². The molecule has 0 radical (unpaired) electrons. The minimum Gasteiger partial charge on any atom is -0.460 e. The second kappa shape index (κ2) is 12.4. The van der Waals surface area contributed by atoms with Crippen LogP contribution in [0.15, 0.2) is 54.6 Å². The van der Waals surface area contributed by atoms with Gasteiger partial charge < -0.3 is 25.8 Å². The summed E-state index contributed by atoms with van der Waals surface area (Å²) < 4.78 is 10.9. The van der Waals surface area contributed by atoms with Crippen LogP contribution in [0.2, 0.25) is 0 Å². The third-order valence-electron chi connectivity index (χ3n) is 4.85. The highest BCUT2D eigenvalue weighted by Crippen LogP contribution is 2.14.